The van der Waals surface area contributed by atoms with Crippen molar-refractivity contribution in [1.29, 1.82) is 0 Å². The van der Waals surface area contributed by atoms with Crippen LogP contribution in [-0.2, 0) is 12.6 Å². The lowest BCUT2D eigenvalue weighted by Crippen LogP contribution is -2.07. The van der Waals surface area contributed by atoms with Crippen molar-refractivity contribution in [3.63, 3.8) is 0 Å². The third-order valence-electron chi connectivity index (χ3n) is 2.20. The molecule has 4 heteroatoms. The fraction of sp³-hybridized carbons (Fsp3) is 0.200. The van der Waals surface area contributed by atoms with Crippen LogP contribution >= 0.6 is 15.9 Å². The van der Waals surface area contributed by atoms with Gasteiger partial charge in [-0.25, -0.2) is 0 Å². The Kier molecular flexibility index (Phi) is 2.18. The van der Waals surface area contributed by atoms with Gasteiger partial charge in [0.15, 0.2) is 0 Å². The summed E-state index contributed by atoms with van der Waals surface area (Å²) in [5, 5.41) is 0. The molecule has 74 valence electrons. The van der Waals surface area contributed by atoms with Gasteiger partial charge in [0, 0.05) is 4.47 Å². The predicted molar refractivity (Wildman–Crippen MR) is 51.9 cm³/mol. The van der Waals surface area contributed by atoms with E-state index in [1.165, 1.54) is 6.07 Å². The predicted octanol–water partition coefficient (Wildman–Crippen LogP) is 4.04. The summed E-state index contributed by atoms with van der Waals surface area (Å²) in [6.07, 6.45) is -0.0217. The Labute approximate surface area is 87.6 Å². The second kappa shape index (κ2) is 3.12. The lowest BCUT2D eigenvalue weighted by molar-refractivity contribution is -0.138. The fourth-order valence-electron chi connectivity index (χ4n) is 1.52. The molecule has 2 rings (SSSR count). The van der Waals surface area contributed by atoms with Gasteiger partial charge in [0.25, 0.3) is 0 Å². The molecule has 0 aliphatic heterocycles. The highest BCUT2D eigenvalue weighted by Crippen LogP contribution is 2.39. The van der Waals surface area contributed by atoms with Gasteiger partial charge in [-0.1, -0.05) is 18.2 Å². The zero-order valence-electron chi connectivity index (χ0n) is 7.03. The molecule has 0 aromatic heterocycles. The highest BCUT2D eigenvalue weighted by Gasteiger charge is 2.34. The molecule has 0 spiro atoms. The smallest absolute Gasteiger partial charge is 0.166 e. The zero-order valence-corrected chi connectivity index (χ0v) is 8.61. The molecule has 1 aromatic rings. The Morgan fingerprint density at radius 3 is 2.57 bits per heavy atom. The second-order valence-corrected chi connectivity index (χ2v) is 3.89. The topological polar surface area (TPSA) is 0 Å². The molecule has 14 heavy (non-hydrogen) atoms. The Morgan fingerprint density at radius 1 is 1.21 bits per heavy atom. The minimum Gasteiger partial charge on any atom is -0.166 e. The first kappa shape index (κ1) is 9.77. The normalized spacial score (nSPS) is 14.6. The molecule has 0 fully saturated rings. The van der Waals surface area contributed by atoms with E-state index in [0.717, 1.165) is 17.2 Å². The van der Waals surface area contributed by atoms with Gasteiger partial charge >= 0.3 is 6.18 Å². The number of allylic oxidation sites excluding steroid dienone is 1. The molecule has 0 nitrogen and oxygen atoms in total. The summed E-state index contributed by atoms with van der Waals surface area (Å²) in [6.45, 7) is 0. The van der Waals surface area contributed by atoms with Crippen molar-refractivity contribution in [3.05, 3.63) is 39.4 Å². The number of alkyl halides is 3. The van der Waals surface area contributed by atoms with Gasteiger partial charge in [0.1, 0.15) is 0 Å². The number of halogens is 4. The molecule has 0 atom stereocenters. The molecule has 0 saturated carbocycles. The van der Waals surface area contributed by atoms with E-state index in [4.69, 9.17) is 0 Å². The van der Waals surface area contributed by atoms with E-state index in [1.807, 2.05) is 12.2 Å². The minimum atomic E-state index is -4.28. The Balaban J connectivity index is 2.58. The lowest BCUT2D eigenvalue weighted by Gasteiger charge is -2.12. The first-order chi connectivity index (χ1) is 6.50. The van der Waals surface area contributed by atoms with Crippen LogP contribution in [0.3, 0.4) is 0 Å². The first-order valence-corrected chi connectivity index (χ1v) is 4.84. The second-order valence-electron chi connectivity index (χ2n) is 3.10. The van der Waals surface area contributed by atoms with Gasteiger partial charge in [-0.3, -0.25) is 0 Å². The Hall–Kier alpha value is -0.770. The van der Waals surface area contributed by atoms with E-state index >= 15 is 0 Å². The molecule has 0 radical (unpaired) electrons. The average molecular weight is 263 g/mol. The van der Waals surface area contributed by atoms with Crippen molar-refractivity contribution in [2.24, 2.45) is 0 Å². The van der Waals surface area contributed by atoms with Crippen LogP contribution in [0.25, 0.3) is 6.08 Å². The standard InChI is InChI=1S/C10H6BrF3/c11-9-7-3-1-2-6(7)4-5-8(9)10(12,13)14/h1-2,4-5H,3H2. The van der Waals surface area contributed by atoms with Gasteiger partial charge < -0.3 is 0 Å². The maximum absolute atomic E-state index is 12.5. The van der Waals surface area contributed by atoms with Crippen LogP contribution in [-0.4, -0.2) is 0 Å². The summed E-state index contributed by atoms with van der Waals surface area (Å²) < 4.78 is 37.6. The SMILES string of the molecule is FC(F)(F)c1ccc2c(c1Br)CC=C2. The van der Waals surface area contributed by atoms with Crippen LogP contribution in [0.5, 0.6) is 0 Å². The van der Waals surface area contributed by atoms with Gasteiger partial charge in [-0.05, 0) is 39.5 Å². The number of hydrogen-bond acceptors (Lipinski definition) is 0. The number of hydrogen-bond donors (Lipinski definition) is 0. The number of rotatable bonds is 0. The molecule has 0 N–H and O–H groups in total. The van der Waals surface area contributed by atoms with Gasteiger partial charge in [-0.2, -0.15) is 13.2 Å². The quantitative estimate of drug-likeness (QED) is 0.662. The van der Waals surface area contributed by atoms with Crippen molar-refractivity contribution in [2.45, 2.75) is 12.6 Å². The largest absolute Gasteiger partial charge is 0.417 e. The average Bonchev–Trinajstić information content (AvgIpc) is 2.50. The summed E-state index contributed by atoms with van der Waals surface area (Å²) in [6, 6.07) is 2.62. The number of fused-ring (bicyclic) bond motifs is 1. The van der Waals surface area contributed by atoms with Crippen molar-refractivity contribution in [1.82, 2.24) is 0 Å². The van der Waals surface area contributed by atoms with Gasteiger partial charge in [-0.15, -0.1) is 0 Å². The van der Waals surface area contributed by atoms with Crippen molar-refractivity contribution in [2.75, 3.05) is 0 Å². The van der Waals surface area contributed by atoms with Crippen LogP contribution in [0.2, 0.25) is 0 Å². The van der Waals surface area contributed by atoms with E-state index in [2.05, 4.69) is 15.9 Å². The van der Waals surface area contributed by atoms with Crippen molar-refractivity contribution < 1.29 is 13.2 Å². The van der Waals surface area contributed by atoms with Crippen LogP contribution in [0.15, 0.2) is 22.7 Å². The van der Waals surface area contributed by atoms with Crippen LogP contribution in [0.1, 0.15) is 16.7 Å². The van der Waals surface area contributed by atoms with E-state index in [1.54, 1.807) is 0 Å². The Bertz CT molecular complexity index is 405. The van der Waals surface area contributed by atoms with Crippen LogP contribution < -0.4 is 0 Å². The summed E-state index contributed by atoms with van der Waals surface area (Å²) in [4.78, 5) is 0. The molecule has 0 heterocycles. The molecule has 0 unspecified atom stereocenters. The van der Waals surface area contributed by atoms with E-state index in [-0.39, 0.29) is 4.47 Å². The maximum atomic E-state index is 12.5. The summed E-state index contributed by atoms with van der Waals surface area (Å²) in [5.74, 6) is 0. The fourth-order valence-corrected chi connectivity index (χ4v) is 2.27. The summed E-state index contributed by atoms with van der Waals surface area (Å²) >= 11 is 3.01. The minimum absolute atomic E-state index is 0.174. The first-order valence-electron chi connectivity index (χ1n) is 4.05. The van der Waals surface area contributed by atoms with Gasteiger partial charge in [0.05, 0.1) is 5.56 Å². The third-order valence-corrected chi connectivity index (χ3v) is 3.11. The third kappa shape index (κ3) is 1.47. The lowest BCUT2D eigenvalue weighted by atomic mass is 10.1. The zero-order chi connectivity index (χ0) is 10.3. The monoisotopic (exact) mass is 262 g/mol. The van der Waals surface area contributed by atoms with Crippen molar-refractivity contribution >= 4 is 22.0 Å². The maximum Gasteiger partial charge on any atom is 0.417 e. The molecule has 0 saturated heterocycles. The molecule has 0 amide bonds. The van der Waals surface area contributed by atoms with E-state index in [9.17, 15) is 13.2 Å². The molecule has 0 bridgehead atoms. The van der Waals surface area contributed by atoms with E-state index in [0.29, 0.717) is 6.42 Å². The summed E-state index contributed by atoms with van der Waals surface area (Å²) in [5.41, 5.74) is 0.990. The van der Waals surface area contributed by atoms with Crippen LogP contribution in [0.4, 0.5) is 13.2 Å². The molecule has 1 aliphatic carbocycles. The number of benzene rings is 1. The highest BCUT2D eigenvalue weighted by atomic mass is 79.9. The molecular weight excluding hydrogens is 257 g/mol. The Morgan fingerprint density at radius 2 is 1.93 bits per heavy atom. The van der Waals surface area contributed by atoms with Crippen molar-refractivity contribution in [3.8, 4) is 0 Å². The van der Waals surface area contributed by atoms with E-state index < -0.39 is 11.7 Å². The van der Waals surface area contributed by atoms with Crippen LogP contribution in [0, 0.1) is 0 Å². The molecule has 1 aliphatic rings. The van der Waals surface area contributed by atoms with Gasteiger partial charge in [0.2, 0.25) is 0 Å². The summed E-state index contributed by atoms with van der Waals surface area (Å²) in [7, 11) is 0. The highest BCUT2D eigenvalue weighted by molar-refractivity contribution is 9.10. The molecular formula is C10H6BrF3. The molecule has 1 aromatic carbocycles.